The van der Waals surface area contributed by atoms with Gasteiger partial charge in [-0.2, -0.15) is 0 Å². The van der Waals surface area contributed by atoms with E-state index in [9.17, 15) is 9.59 Å². The highest BCUT2D eigenvalue weighted by Gasteiger charge is 2.33. The van der Waals surface area contributed by atoms with Crippen molar-refractivity contribution in [3.05, 3.63) is 63.8 Å². The molecule has 1 fully saturated rings. The van der Waals surface area contributed by atoms with Gasteiger partial charge >= 0.3 is 6.03 Å². The highest BCUT2D eigenvalue weighted by molar-refractivity contribution is 9.10. The number of nitrogens with one attached hydrogen (secondary N) is 1. The highest BCUT2D eigenvalue weighted by Crippen LogP contribution is 2.28. The molecular weight excluding hydrogens is 434 g/mol. The first-order valence-corrected chi connectivity index (χ1v) is 10.3. The molecule has 7 heteroatoms. The maximum Gasteiger partial charge on any atom is 0.329 e. The van der Waals surface area contributed by atoms with Crippen molar-refractivity contribution in [2.45, 2.75) is 20.4 Å². The number of anilines is 1. The first-order chi connectivity index (χ1) is 14.0. The molecule has 1 N–H and O–H groups in total. The number of urea groups is 1. The van der Waals surface area contributed by atoms with Crippen LogP contribution in [0.2, 0.25) is 0 Å². The van der Waals surface area contributed by atoms with Crippen molar-refractivity contribution >= 4 is 39.6 Å². The zero-order valence-corrected chi connectivity index (χ0v) is 18.3. The summed E-state index contributed by atoms with van der Waals surface area (Å²) in [6.45, 7) is 6.18. The van der Waals surface area contributed by atoms with Crippen molar-refractivity contribution in [3.63, 3.8) is 0 Å². The zero-order chi connectivity index (χ0) is 21.0. The molecule has 152 valence electrons. The minimum absolute atomic E-state index is 0.216. The van der Waals surface area contributed by atoms with Crippen molar-refractivity contribution in [2.24, 2.45) is 0 Å². The van der Waals surface area contributed by atoms with E-state index in [1.807, 2.05) is 42.5 Å². The Bertz CT molecular complexity index is 937. The molecule has 0 radical (unpaired) electrons. The Kier molecular flexibility index (Phi) is 6.59. The highest BCUT2D eigenvalue weighted by atomic mass is 79.9. The third kappa shape index (κ3) is 4.62. The summed E-state index contributed by atoms with van der Waals surface area (Å²) in [5.74, 6) is 0.295. The van der Waals surface area contributed by atoms with E-state index in [0.717, 1.165) is 34.4 Å². The van der Waals surface area contributed by atoms with Crippen LogP contribution in [0.5, 0.6) is 5.75 Å². The van der Waals surface area contributed by atoms with Gasteiger partial charge in [0.05, 0.1) is 13.7 Å². The predicted octanol–water partition coefficient (Wildman–Crippen LogP) is 4.40. The quantitative estimate of drug-likeness (QED) is 0.494. The van der Waals surface area contributed by atoms with Crippen LogP contribution >= 0.6 is 15.9 Å². The number of halogens is 1. The molecule has 0 bridgehead atoms. The van der Waals surface area contributed by atoms with Crippen molar-refractivity contribution in [1.82, 2.24) is 10.2 Å². The Morgan fingerprint density at radius 1 is 1.10 bits per heavy atom. The lowest BCUT2D eigenvalue weighted by atomic mass is 10.1. The largest absolute Gasteiger partial charge is 0.496 e. The van der Waals surface area contributed by atoms with Gasteiger partial charge in [-0.1, -0.05) is 28.1 Å². The van der Waals surface area contributed by atoms with Gasteiger partial charge in [0.25, 0.3) is 5.91 Å². The van der Waals surface area contributed by atoms with Gasteiger partial charge in [-0.3, -0.25) is 9.69 Å². The van der Waals surface area contributed by atoms with Gasteiger partial charge in [-0.25, -0.2) is 4.79 Å². The van der Waals surface area contributed by atoms with Crippen LogP contribution in [0.15, 0.2) is 52.6 Å². The Morgan fingerprint density at radius 3 is 2.41 bits per heavy atom. The van der Waals surface area contributed by atoms with E-state index in [0.29, 0.717) is 5.75 Å². The van der Waals surface area contributed by atoms with Gasteiger partial charge in [-0.15, -0.1) is 0 Å². The van der Waals surface area contributed by atoms with Crippen molar-refractivity contribution in [2.75, 3.05) is 25.1 Å². The smallest absolute Gasteiger partial charge is 0.329 e. The molecule has 0 aliphatic carbocycles. The molecule has 2 aromatic rings. The van der Waals surface area contributed by atoms with Crippen molar-refractivity contribution in [3.8, 4) is 5.75 Å². The summed E-state index contributed by atoms with van der Waals surface area (Å²) in [6, 6.07) is 12.9. The number of carbonyl (C=O) groups is 2. The molecule has 3 rings (SSSR count). The second-order valence-electron chi connectivity index (χ2n) is 6.60. The lowest BCUT2D eigenvalue weighted by Crippen LogP contribution is -2.30. The number of ether oxygens (including phenoxy) is 1. The minimum Gasteiger partial charge on any atom is -0.496 e. The summed E-state index contributed by atoms with van der Waals surface area (Å²) >= 11 is 3.38. The molecule has 6 nitrogen and oxygen atoms in total. The molecule has 1 aliphatic heterocycles. The molecule has 3 amide bonds. The van der Waals surface area contributed by atoms with Crippen LogP contribution in [0.4, 0.5) is 10.5 Å². The number of hydrogen-bond donors (Lipinski definition) is 1. The second kappa shape index (κ2) is 9.13. The number of carbonyl (C=O) groups excluding carboxylic acids is 2. The average Bonchev–Trinajstić information content (AvgIpc) is 2.98. The summed E-state index contributed by atoms with van der Waals surface area (Å²) in [6.07, 6.45) is 1.66. The number of benzene rings is 2. The predicted molar refractivity (Wildman–Crippen MR) is 118 cm³/mol. The fraction of sp³-hybridized carbons (Fsp3) is 0.273. The van der Waals surface area contributed by atoms with Crippen LogP contribution in [0.1, 0.15) is 25.0 Å². The van der Waals surface area contributed by atoms with E-state index in [-0.39, 0.29) is 18.1 Å². The van der Waals surface area contributed by atoms with Crippen molar-refractivity contribution in [1.29, 1.82) is 0 Å². The third-order valence-electron chi connectivity index (χ3n) is 4.86. The lowest BCUT2D eigenvalue weighted by molar-refractivity contribution is -0.123. The van der Waals surface area contributed by atoms with E-state index >= 15 is 0 Å². The normalized spacial score (nSPS) is 15.0. The molecule has 1 aliphatic rings. The second-order valence-corrected chi connectivity index (χ2v) is 7.52. The molecule has 0 saturated carbocycles. The fourth-order valence-corrected chi connectivity index (χ4v) is 3.51. The van der Waals surface area contributed by atoms with Crippen LogP contribution in [-0.2, 0) is 11.3 Å². The fourth-order valence-electron chi connectivity index (χ4n) is 3.25. The average molecular weight is 458 g/mol. The lowest BCUT2D eigenvalue weighted by Gasteiger charge is -2.22. The topological polar surface area (TPSA) is 61.9 Å². The summed E-state index contributed by atoms with van der Waals surface area (Å²) < 4.78 is 6.46. The number of rotatable bonds is 7. The van der Waals surface area contributed by atoms with Gasteiger partial charge in [0.1, 0.15) is 11.4 Å². The Hall–Kier alpha value is -2.80. The first kappa shape index (κ1) is 20.9. The first-order valence-electron chi connectivity index (χ1n) is 9.48. The summed E-state index contributed by atoms with van der Waals surface area (Å²) in [7, 11) is 1.60. The number of methoxy groups -OCH3 is 1. The molecule has 0 spiro atoms. The van der Waals surface area contributed by atoms with Crippen LogP contribution in [-0.4, -0.2) is 37.0 Å². The van der Waals surface area contributed by atoms with E-state index in [4.69, 9.17) is 4.74 Å². The third-order valence-corrected chi connectivity index (χ3v) is 5.39. The SMILES string of the molecule is CCN(CC)c1ccc(/C=C2/NC(=O)N(Cc3ccc(Br)cc3)C2=O)c(OC)c1. The molecule has 0 aromatic heterocycles. The Morgan fingerprint density at radius 2 is 1.79 bits per heavy atom. The maximum absolute atomic E-state index is 12.8. The van der Waals surface area contributed by atoms with E-state index < -0.39 is 6.03 Å². The minimum atomic E-state index is -0.428. The Labute approximate surface area is 179 Å². The molecule has 0 atom stereocenters. The number of nitrogens with zero attached hydrogens (tertiary/aromatic N) is 2. The van der Waals surface area contributed by atoms with Crippen LogP contribution in [0, 0.1) is 0 Å². The molecule has 1 heterocycles. The van der Waals surface area contributed by atoms with E-state index in [1.165, 1.54) is 4.90 Å². The van der Waals surface area contributed by atoms with Gasteiger partial charge in [0.15, 0.2) is 0 Å². The van der Waals surface area contributed by atoms with E-state index in [1.54, 1.807) is 13.2 Å². The number of hydrogen-bond acceptors (Lipinski definition) is 4. The standard InChI is InChI=1S/C22H24BrN3O3/c1-4-25(5-2)18-11-8-16(20(13-18)29-3)12-19-21(27)26(22(28)24-19)14-15-6-9-17(23)10-7-15/h6-13H,4-5,14H2,1-3H3,(H,24,28)/b19-12+. The molecule has 1 saturated heterocycles. The number of amides is 3. The van der Waals surface area contributed by atoms with Gasteiger partial charge in [0.2, 0.25) is 0 Å². The molecule has 29 heavy (non-hydrogen) atoms. The van der Waals surface area contributed by atoms with Gasteiger partial charge in [0, 0.05) is 34.9 Å². The zero-order valence-electron chi connectivity index (χ0n) is 16.7. The van der Waals surface area contributed by atoms with Crippen LogP contribution in [0.25, 0.3) is 6.08 Å². The molecule has 0 unspecified atom stereocenters. The van der Waals surface area contributed by atoms with Crippen LogP contribution < -0.4 is 15.0 Å². The van der Waals surface area contributed by atoms with Gasteiger partial charge < -0.3 is 15.0 Å². The summed E-state index contributed by atoms with van der Waals surface area (Å²) in [4.78, 5) is 28.5. The number of imide groups is 1. The van der Waals surface area contributed by atoms with Crippen molar-refractivity contribution < 1.29 is 14.3 Å². The maximum atomic E-state index is 12.8. The summed E-state index contributed by atoms with van der Waals surface area (Å²) in [5.41, 5.74) is 2.89. The monoisotopic (exact) mass is 457 g/mol. The summed E-state index contributed by atoms with van der Waals surface area (Å²) in [5, 5.41) is 2.67. The molecule has 2 aromatic carbocycles. The molecular formula is C22H24BrN3O3. The Balaban J connectivity index is 1.84. The van der Waals surface area contributed by atoms with Gasteiger partial charge in [-0.05, 0) is 49.8 Å². The van der Waals surface area contributed by atoms with E-state index in [2.05, 4.69) is 40.0 Å². The van der Waals surface area contributed by atoms with Crippen LogP contribution in [0.3, 0.4) is 0 Å².